The molecule has 8 heteroatoms. The highest BCUT2D eigenvalue weighted by Gasteiger charge is 2.75. The maximum absolute atomic E-state index is 14.3. The second-order valence-electron chi connectivity index (χ2n) is 10.9. The van der Waals surface area contributed by atoms with Crippen LogP contribution in [0.3, 0.4) is 0 Å². The fourth-order valence-electron chi connectivity index (χ4n) is 5.93. The van der Waals surface area contributed by atoms with E-state index in [1.54, 1.807) is 33.7 Å². The lowest BCUT2D eigenvalue weighted by Crippen LogP contribution is -2.61. The van der Waals surface area contributed by atoms with Crippen LogP contribution in [0.25, 0.3) is 0 Å². The van der Waals surface area contributed by atoms with E-state index < -0.39 is 34.2 Å². The van der Waals surface area contributed by atoms with Crippen molar-refractivity contribution in [1.29, 1.82) is 0 Å². The minimum absolute atomic E-state index is 0.0447. The van der Waals surface area contributed by atoms with Crippen molar-refractivity contribution < 1.29 is 24.2 Å². The second-order valence-corrected chi connectivity index (χ2v) is 12.5. The number of thioether (sulfide) groups is 1. The van der Waals surface area contributed by atoms with Gasteiger partial charge in [-0.3, -0.25) is 14.4 Å². The Morgan fingerprint density at radius 3 is 2.53 bits per heavy atom. The smallest absolute Gasteiger partial charge is 0.310 e. The standard InChI is InChI=1S/C26H40N2O5S/c1-8-10-14-33-24(32)19-18-11-12-26(34-18)20(19)22(30)28(17(15-29)16(3)4)21(26)23(31)27(13-9-2)25(5,6)7/h8-9,16-21,29H,1-2,10-15H2,3-7H3/t17-,18-,19+,20-,21?,26?/m0/s1. The Bertz CT molecular complexity index is 838. The third-order valence-electron chi connectivity index (χ3n) is 7.51. The summed E-state index contributed by atoms with van der Waals surface area (Å²) in [6.07, 6.45) is 5.39. The maximum atomic E-state index is 14.3. The Morgan fingerprint density at radius 2 is 2.00 bits per heavy atom. The molecule has 3 saturated heterocycles. The number of esters is 1. The largest absolute Gasteiger partial charge is 0.465 e. The first-order valence-electron chi connectivity index (χ1n) is 12.3. The normalized spacial score (nSPS) is 30.9. The highest BCUT2D eigenvalue weighted by molar-refractivity contribution is 8.02. The number of nitrogens with zero attached hydrogens (tertiary/aromatic N) is 2. The lowest BCUT2D eigenvalue weighted by atomic mass is 9.71. The zero-order valence-corrected chi connectivity index (χ0v) is 22.0. The van der Waals surface area contributed by atoms with Gasteiger partial charge in [0.1, 0.15) is 6.04 Å². The molecule has 3 aliphatic rings. The quantitative estimate of drug-likeness (QED) is 0.287. The number of hydrogen-bond donors (Lipinski definition) is 1. The molecule has 1 N–H and O–H groups in total. The number of likely N-dealkylation sites (tertiary alicyclic amines) is 1. The summed E-state index contributed by atoms with van der Waals surface area (Å²) in [6.45, 7) is 17.6. The SMILES string of the molecule is C=CCCOC(=O)[C@@H]1[C@@H]2CCC3(S2)C(C(=O)N(CC=C)C(C)(C)C)N([C@@H](CO)C(C)C)C(=O)[C@H]13. The molecule has 0 saturated carbocycles. The molecule has 2 amide bonds. The van der Waals surface area contributed by atoms with Gasteiger partial charge in [0.2, 0.25) is 11.8 Å². The Kier molecular flexibility index (Phi) is 7.92. The molecule has 0 aromatic heterocycles. The Labute approximate surface area is 208 Å². The number of aliphatic hydroxyl groups is 1. The average molecular weight is 493 g/mol. The summed E-state index contributed by atoms with van der Waals surface area (Å²) in [6, 6.07) is -1.26. The molecule has 6 atom stereocenters. The van der Waals surface area contributed by atoms with Gasteiger partial charge in [0.15, 0.2) is 0 Å². The third kappa shape index (κ3) is 4.32. The lowest BCUT2D eigenvalue weighted by Gasteiger charge is -2.44. The van der Waals surface area contributed by atoms with Crippen LogP contribution in [-0.4, -0.2) is 80.1 Å². The number of fused-ring (bicyclic) bond motifs is 1. The number of ether oxygens (including phenoxy) is 1. The van der Waals surface area contributed by atoms with Gasteiger partial charge in [0.25, 0.3) is 0 Å². The molecule has 3 fully saturated rings. The summed E-state index contributed by atoms with van der Waals surface area (Å²) in [5, 5.41) is 10.2. The Morgan fingerprint density at radius 1 is 1.32 bits per heavy atom. The lowest BCUT2D eigenvalue weighted by molar-refractivity contribution is -0.154. The Hall–Kier alpha value is -1.80. The predicted molar refractivity (Wildman–Crippen MR) is 134 cm³/mol. The average Bonchev–Trinajstić information content (AvgIpc) is 3.39. The molecular weight excluding hydrogens is 452 g/mol. The van der Waals surface area contributed by atoms with Crippen LogP contribution in [0.1, 0.15) is 53.9 Å². The van der Waals surface area contributed by atoms with Gasteiger partial charge in [0, 0.05) is 17.3 Å². The number of hydrogen-bond acceptors (Lipinski definition) is 6. The molecular formula is C26H40N2O5S. The molecule has 190 valence electrons. The zero-order valence-electron chi connectivity index (χ0n) is 21.2. The van der Waals surface area contributed by atoms with Crippen LogP contribution < -0.4 is 0 Å². The van der Waals surface area contributed by atoms with Gasteiger partial charge in [-0.1, -0.05) is 26.0 Å². The summed E-state index contributed by atoms with van der Waals surface area (Å²) >= 11 is 1.62. The fraction of sp³-hybridized carbons (Fsp3) is 0.731. The highest BCUT2D eigenvalue weighted by atomic mass is 32.2. The van der Waals surface area contributed by atoms with Gasteiger partial charge < -0.3 is 19.6 Å². The van der Waals surface area contributed by atoms with E-state index in [4.69, 9.17) is 4.74 Å². The molecule has 0 aliphatic carbocycles. The van der Waals surface area contributed by atoms with E-state index in [0.29, 0.717) is 19.4 Å². The summed E-state index contributed by atoms with van der Waals surface area (Å²) in [5.41, 5.74) is -0.481. The van der Waals surface area contributed by atoms with Crippen molar-refractivity contribution in [3.63, 3.8) is 0 Å². The molecule has 2 unspecified atom stereocenters. The van der Waals surface area contributed by atoms with E-state index in [-0.39, 0.29) is 42.2 Å². The zero-order chi connectivity index (χ0) is 25.4. The van der Waals surface area contributed by atoms with Crippen molar-refractivity contribution >= 4 is 29.5 Å². The van der Waals surface area contributed by atoms with Gasteiger partial charge in [-0.2, -0.15) is 0 Å². The first-order chi connectivity index (χ1) is 16.0. The van der Waals surface area contributed by atoms with E-state index in [9.17, 15) is 19.5 Å². The van der Waals surface area contributed by atoms with Crippen LogP contribution in [0, 0.1) is 17.8 Å². The monoisotopic (exact) mass is 492 g/mol. The molecule has 3 heterocycles. The van der Waals surface area contributed by atoms with Crippen LogP contribution in [0.2, 0.25) is 0 Å². The number of carbonyl (C=O) groups is 3. The van der Waals surface area contributed by atoms with E-state index in [1.165, 1.54) is 0 Å². The van der Waals surface area contributed by atoms with Crippen LogP contribution in [-0.2, 0) is 19.1 Å². The molecule has 1 spiro atoms. The number of rotatable bonds is 10. The van der Waals surface area contributed by atoms with Crippen molar-refractivity contribution in [3.8, 4) is 0 Å². The minimum Gasteiger partial charge on any atom is -0.465 e. The van der Waals surface area contributed by atoms with Gasteiger partial charge >= 0.3 is 5.97 Å². The first-order valence-corrected chi connectivity index (χ1v) is 13.1. The fourth-order valence-corrected chi connectivity index (χ4v) is 8.11. The van der Waals surface area contributed by atoms with Crippen molar-refractivity contribution in [2.45, 2.75) is 81.5 Å². The van der Waals surface area contributed by atoms with E-state index in [1.807, 2.05) is 34.6 Å². The van der Waals surface area contributed by atoms with Crippen molar-refractivity contribution in [2.75, 3.05) is 19.8 Å². The van der Waals surface area contributed by atoms with Crippen LogP contribution in [0.5, 0.6) is 0 Å². The molecule has 3 rings (SSSR count). The first kappa shape index (κ1) is 26.8. The topological polar surface area (TPSA) is 87.2 Å². The summed E-state index contributed by atoms with van der Waals surface area (Å²) in [4.78, 5) is 44.8. The molecule has 0 radical (unpaired) electrons. The Balaban J connectivity index is 2.08. The van der Waals surface area contributed by atoms with Crippen molar-refractivity contribution in [1.82, 2.24) is 9.80 Å². The van der Waals surface area contributed by atoms with Crippen LogP contribution in [0.4, 0.5) is 0 Å². The maximum Gasteiger partial charge on any atom is 0.310 e. The van der Waals surface area contributed by atoms with Crippen LogP contribution >= 0.6 is 11.8 Å². The molecule has 34 heavy (non-hydrogen) atoms. The molecule has 0 aromatic rings. The molecule has 2 bridgehead atoms. The minimum atomic E-state index is -0.746. The number of amides is 2. The van der Waals surface area contributed by atoms with Gasteiger partial charge in [0.05, 0.1) is 35.8 Å². The van der Waals surface area contributed by atoms with Crippen molar-refractivity contribution in [2.24, 2.45) is 17.8 Å². The van der Waals surface area contributed by atoms with Gasteiger partial charge in [-0.05, 0) is 46.0 Å². The number of carbonyl (C=O) groups excluding carboxylic acids is 3. The molecule has 3 aliphatic heterocycles. The molecule has 0 aromatic carbocycles. The van der Waals surface area contributed by atoms with Gasteiger partial charge in [-0.25, -0.2) is 0 Å². The van der Waals surface area contributed by atoms with Gasteiger partial charge in [-0.15, -0.1) is 24.9 Å². The second kappa shape index (κ2) is 10.1. The van der Waals surface area contributed by atoms with E-state index in [0.717, 1.165) is 6.42 Å². The van der Waals surface area contributed by atoms with E-state index >= 15 is 0 Å². The summed E-state index contributed by atoms with van der Waals surface area (Å²) < 4.78 is 4.82. The summed E-state index contributed by atoms with van der Waals surface area (Å²) in [7, 11) is 0. The predicted octanol–water partition coefficient (Wildman–Crippen LogP) is 3.03. The highest BCUT2D eigenvalue weighted by Crippen LogP contribution is 2.67. The van der Waals surface area contributed by atoms with E-state index in [2.05, 4.69) is 13.2 Å². The third-order valence-corrected chi connectivity index (χ3v) is 9.46. The van der Waals surface area contributed by atoms with Crippen LogP contribution in [0.15, 0.2) is 25.3 Å². The summed E-state index contributed by atoms with van der Waals surface area (Å²) in [5.74, 6) is -1.97. The number of aliphatic hydroxyl groups excluding tert-OH is 1. The van der Waals surface area contributed by atoms with Crippen molar-refractivity contribution in [3.05, 3.63) is 25.3 Å². The molecule has 7 nitrogen and oxygen atoms in total.